The smallest absolute Gasteiger partial charge is 0.132 e. The summed E-state index contributed by atoms with van der Waals surface area (Å²) in [6.45, 7) is 3.10. The average Bonchev–Trinajstić information content (AvgIpc) is 2.50. The largest absolute Gasteiger partial charge is 0.375 e. The SMILES string of the molecule is CCCCCCC(=O)CCCCOC12CC3CC(CC(C3)C1)C2. The first-order valence-corrected chi connectivity index (χ1v) is 10.3. The van der Waals surface area contributed by atoms with E-state index in [1.54, 1.807) is 0 Å². The minimum Gasteiger partial charge on any atom is -0.375 e. The molecule has 2 nitrogen and oxygen atoms in total. The number of ketones is 1. The summed E-state index contributed by atoms with van der Waals surface area (Å²) in [5, 5.41) is 0. The van der Waals surface area contributed by atoms with Crippen LogP contribution in [0.5, 0.6) is 0 Å². The zero-order valence-electron chi connectivity index (χ0n) is 15.2. The van der Waals surface area contributed by atoms with Crippen LogP contribution in [0.2, 0.25) is 0 Å². The molecule has 0 saturated heterocycles. The van der Waals surface area contributed by atoms with Crippen molar-refractivity contribution in [2.75, 3.05) is 6.61 Å². The number of rotatable bonds is 11. The van der Waals surface area contributed by atoms with E-state index in [2.05, 4.69) is 6.92 Å². The highest BCUT2D eigenvalue weighted by Crippen LogP contribution is 2.57. The second-order valence-electron chi connectivity index (χ2n) is 8.76. The summed E-state index contributed by atoms with van der Waals surface area (Å²) in [7, 11) is 0. The van der Waals surface area contributed by atoms with Crippen LogP contribution in [-0.4, -0.2) is 18.0 Å². The highest BCUT2D eigenvalue weighted by molar-refractivity contribution is 5.78. The third-order valence-electron chi connectivity index (χ3n) is 6.55. The van der Waals surface area contributed by atoms with Crippen molar-refractivity contribution in [1.82, 2.24) is 0 Å². The Kier molecular flexibility index (Phi) is 6.18. The van der Waals surface area contributed by atoms with Crippen molar-refractivity contribution in [3.8, 4) is 0 Å². The number of ether oxygens (including phenoxy) is 1. The average molecular weight is 321 g/mol. The van der Waals surface area contributed by atoms with Crippen LogP contribution in [0.3, 0.4) is 0 Å². The maximum absolute atomic E-state index is 11.9. The summed E-state index contributed by atoms with van der Waals surface area (Å²) >= 11 is 0. The van der Waals surface area contributed by atoms with Gasteiger partial charge in [0.2, 0.25) is 0 Å². The zero-order valence-corrected chi connectivity index (χ0v) is 15.2. The molecule has 0 unspecified atom stereocenters. The fourth-order valence-corrected chi connectivity index (χ4v) is 5.79. The van der Waals surface area contributed by atoms with Gasteiger partial charge in [-0.25, -0.2) is 0 Å². The van der Waals surface area contributed by atoms with E-state index in [4.69, 9.17) is 4.74 Å². The summed E-state index contributed by atoms with van der Waals surface area (Å²) in [5.74, 6) is 3.36. The molecule has 2 heteroatoms. The van der Waals surface area contributed by atoms with Crippen LogP contribution in [0.4, 0.5) is 0 Å². The van der Waals surface area contributed by atoms with E-state index in [9.17, 15) is 4.79 Å². The van der Waals surface area contributed by atoms with Gasteiger partial charge in [0.1, 0.15) is 5.78 Å². The standard InChI is InChI=1S/C21H36O2/c1-2-3-4-5-8-20(22)9-6-7-10-23-21-14-17-11-18(15-21)13-19(12-17)16-21/h17-19H,2-16H2,1H3. The minimum absolute atomic E-state index is 0.249. The predicted molar refractivity (Wildman–Crippen MR) is 94.5 cm³/mol. The fourth-order valence-electron chi connectivity index (χ4n) is 5.79. The molecule has 0 amide bonds. The third-order valence-corrected chi connectivity index (χ3v) is 6.55. The molecule has 4 saturated carbocycles. The van der Waals surface area contributed by atoms with Crippen molar-refractivity contribution in [3.63, 3.8) is 0 Å². The summed E-state index contributed by atoms with van der Waals surface area (Å²) in [5.41, 5.74) is 0.249. The van der Waals surface area contributed by atoms with Gasteiger partial charge in [-0.1, -0.05) is 26.2 Å². The number of hydrogen-bond acceptors (Lipinski definition) is 2. The first-order chi connectivity index (χ1) is 11.2. The number of unbranched alkanes of at least 4 members (excludes halogenated alkanes) is 4. The summed E-state index contributed by atoms with van der Waals surface area (Å²) < 4.78 is 6.43. The van der Waals surface area contributed by atoms with E-state index >= 15 is 0 Å². The predicted octanol–water partition coefficient (Wildman–Crippen LogP) is 5.68. The van der Waals surface area contributed by atoms with Crippen LogP contribution in [0.15, 0.2) is 0 Å². The molecule has 132 valence electrons. The van der Waals surface area contributed by atoms with Gasteiger partial charge < -0.3 is 4.74 Å². The van der Waals surface area contributed by atoms with Crippen molar-refractivity contribution in [2.24, 2.45) is 17.8 Å². The fraction of sp³-hybridized carbons (Fsp3) is 0.952. The van der Waals surface area contributed by atoms with Gasteiger partial charge in [0.05, 0.1) is 5.60 Å². The minimum atomic E-state index is 0.249. The quantitative estimate of drug-likeness (QED) is 0.458. The van der Waals surface area contributed by atoms with Crippen molar-refractivity contribution >= 4 is 5.78 Å². The van der Waals surface area contributed by atoms with Crippen LogP contribution in [0.1, 0.15) is 96.8 Å². The molecule has 4 bridgehead atoms. The van der Waals surface area contributed by atoms with E-state index in [0.29, 0.717) is 5.78 Å². The lowest BCUT2D eigenvalue weighted by Crippen LogP contribution is -2.52. The Morgan fingerprint density at radius 1 is 0.870 bits per heavy atom. The maximum Gasteiger partial charge on any atom is 0.132 e. The van der Waals surface area contributed by atoms with Crippen LogP contribution in [-0.2, 0) is 9.53 Å². The van der Waals surface area contributed by atoms with Crippen molar-refractivity contribution in [2.45, 2.75) is 102 Å². The molecule has 0 atom stereocenters. The van der Waals surface area contributed by atoms with E-state index in [1.165, 1.54) is 57.8 Å². The summed E-state index contributed by atoms with van der Waals surface area (Å²) in [4.78, 5) is 11.9. The third kappa shape index (κ3) is 4.81. The van der Waals surface area contributed by atoms with Gasteiger partial charge in [0.25, 0.3) is 0 Å². The molecule has 0 radical (unpaired) electrons. The lowest BCUT2D eigenvalue weighted by Gasteiger charge is -2.56. The molecule has 0 spiro atoms. The second kappa shape index (κ2) is 8.14. The van der Waals surface area contributed by atoms with E-state index < -0.39 is 0 Å². The van der Waals surface area contributed by atoms with Crippen LogP contribution >= 0.6 is 0 Å². The Balaban J connectivity index is 1.26. The molecular formula is C21H36O2. The van der Waals surface area contributed by atoms with Gasteiger partial charge in [-0.15, -0.1) is 0 Å². The molecular weight excluding hydrogens is 284 g/mol. The Labute approximate surface area is 142 Å². The number of Topliss-reactive ketones (excluding diaryl/α,β-unsaturated/α-hetero) is 1. The summed E-state index contributed by atoms with van der Waals surface area (Å²) in [6.07, 6.45) is 16.9. The van der Waals surface area contributed by atoms with Gasteiger partial charge in [-0.2, -0.15) is 0 Å². The van der Waals surface area contributed by atoms with Gasteiger partial charge >= 0.3 is 0 Å². The lowest BCUT2D eigenvalue weighted by atomic mass is 9.54. The normalized spacial score (nSPS) is 34.9. The summed E-state index contributed by atoms with van der Waals surface area (Å²) in [6, 6.07) is 0. The highest BCUT2D eigenvalue weighted by atomic mass is 16.5. The van der Waals surface area contributed by atoms with Crippen LogP contribution in [0.25, 0.3) is 0 Å². The van der Waals surface area contributed by atoms with Gasteiger partial charge in [0.15, 0.2) is 0 Å². The number of carbonyl (C=O) groups is 1. The van der Waals surface area contributed by atoms with Crippen LogP contribution < -0.4 is 0 Å². The molecule has 4 fully saturated rings. The molecule has 0 aromatic heterocycles. The first kappa shape index (κ1) is 17.5. The lowest BCUT2D eigenvalue weighted by molar-refractivity contribution is -0.162. The van der Waals surface area contributed by atoms with Gasteiger partial charge in [-0.05, 0) is 75.5 Å². The topological polar surface area (TPSA) is 26.3 Å². The Morgan fingerprint density at radius 2 is 1.43 bits per heavy atom. The molecule has 0 heterocycles. The van der Waals surface area contributed by atoms with Crippen LogP contribution in [0, 0.1) is 17.8 Å². The Hall–Kier alpha value is -0.370. The molecule has 0 N–H and O–H groups in total. The second-order valence-corrected chi connectivity index (χ2v) is 8.76. The molecule has 0 aromatic rings. The highest BCUT2D eigenvalue weighted by Gasteiger charge is 2.51. The Morgan fingerprint density at radius 3 is 2.00 bits per heavy atom. The van der Waals surface area contributed by atoms with Gasteiger partial charge in [0, 0.05) is 19.4 Å². The van der Waals surface area contributed by atoms with E-state index in [0.717, 1.165) is 56.5 Å². The van der Waals surface area contributed by atoms with E-state index in [1.807, 2.05) is 0 Å². The number of hydrogen-bond donors (Lipinski definition) is 0. The molecule has 0 aliphatic heterocycles. The Bertz CT molecular complexity index is 352. The van der Waals surface area contributed by atoms with Gasteiger partial charge in [-0.3, -0.25) is 4.79 Å². The van der Waals surface area contributed by atoms with Crippen molar-refractivity contribution in [3.05, 3.63) is 0 Å². The van der Waals surface area contributed by atoms with Crippen molar-refractivity contribution in [1.29, 1.82) is 0 Å². The molecule has 0 aromatic carbocycles. The molecule has 4 aliphatic carbocycles. The zero-order chi connectivity index (χ0) is 16.1. The van der Waals surface area contributed by atoms with E-state index in [-0.39, 0.29) is 5.60 Å². The molecule has 23 heavy (non-hydrogen) atoms. The maximum atomic E-state index is 11.9. The monoisotopic (exact) mass is 320 g/mol. The van der Waals surface area contributed by atoms with Crippen molar-refractivity contribution < 1.29 is 9.53 Å². The number of carbonyl (C=O) groups excluding carboxylic acids is 1. The first-order valence-electron chi connectivity index (χ1n) is 10.3. The molecule has 4 aliphatic rings. The molecule has 4 rings (SSSR count).